The van der Waals surface area contributed by atoms with Crippen LogP contribution in [0.3, 0.4) is 0 Å². The van der Waals surface area contributed by atoms with Gasteiger partial charge in [0.05, 0.1) is 18.8 Å². The van der Waals surface area contributed by atoms with E-state index < -0.39 is 16.1 Å². The van der Waals surface area contributed by atoms with Crippen molar-refractivity contribution < 1.29 is 32.4 Å². The van der Waals surface area contributed by atoms with Crippen molar-refractivity contribution in [3.05, 3.63) is 0 Å². The lowest BCUT2D eigenvalue weighted by Crippen LogP contribution is -2.38. The fourth-order valence-electron chi connectivity index (χ4n) is 3.43. The Labute approximate surface area is 160 Å². The van der Waals surface area contributed by atoms with Gasteiger partial charge in [0.1, 0.15) is 0 Å². The molecule has 156 valence electrons. The zero-order valence-corrected chi connectivity index (χ0v) is 16.8. The molecule has 0 unspecified atom stereocenters. The molecule has 3 rings (SSSR count). The van der Waals surface area contributed by atoms with Gasteiger partial charge in [-0.3, -0.25) is 13.8 Å². The number of hydrogen-bond acceptors (Lipinski definition) is 6. The Kier molecular flexibility index (Phi) is 7.64. The molecule has 8 nitrogen and oxygen atoms in total. The van der Waals surface area contributed by atoms with E-state index >= 15 is 0 Å². The smallest absolute Gasteiger partial charge is 0.306 e. The minimum absolute atomic E-state index is 0.0248. The molecule has 27 heavy (non-hydrogen) atoms. The van der Waals surface area contributed by atoms with Crippen LogP contribution in [0.25, 0.3) is 0 Å². The molecule has 4 atom stereocenters. The fraction of sp³-hybridized carbons (Fsp3) is 0.889. The fourth-order valence-corrected chi connectivity index (χ4v) is 3.85. The van der Waals surface area contributed by atoms with E-state index in [1.165, 1.54) is 12.8 Å². The molecule has 0 aromatic heterocycles. The Morgan fingerprint density at radius 2 is 1.67 bits per heavy atom. The first kappa shape index (κ1) is 22.1. The van der Waals surface area contributed by atoms with Crippen LogP contribution in [0.2, 0.25) is 0 Å². The summed E-state index contributed by atoms with van der Waals surface area (Å²) in [6.45, 7) is 2.41. The number of carbonyl (C=O) groups excluding carboxylic acids is 1. The van der Waals surface area contributed by atoms with Crippen molar-refractivity contribution in [2.24, 2.45) is 29.6 Å². The minimum Gasteiger partial charge on any atom is -0.481 e. The van der Waals surface area contributed by atoms with Gasteiger partial charge < -0.3 is 15.5 Å². The number of carboxylic acids is 1. The van der Waals surface area contributed by atoms with E-state index in [9.17, 15) is 18.0 Å². The van der Waals surface area contributed by atoms with Crippen molar-refractivity contribution in [2.75, 3.05) is 19.5 Å². The van der Waals surface area contributed by atoms with Gasteiger partial charge in [-0.2, -0.15) is 8.42 Å². The molecule has 0 heterocycles. The number of hydrogen-bond donors (Lipinski definition) is 3. The van der Waals surface area contributed by atoms with E-state index in [1.54, 1.807) is 0 Å². The zero-order valence-electron chi connectivity index (χ0n) is 16.0. The number of aliphatic hydroxyl groups excluding tert-OH is 1. The standard InChI is InChI=1S/C13H23NO4S.C5H8O3/c1-9-3-5-11(6-4-9)14-13(15)12-7-10(12)8-18-19(2,16)17;6-2-3-1-4(3)5(7)8/h9-12H,3-8H2,1-2H3,(H,14,15);3-4,6H,1-2H2,(H,7,8)/t9?,10-,11?,12+;3-,4+/m00/s1. The molecule has 0 aromatic carbocycles. The molecule has 1 amide bonds. The number of amides is 1. The Morgan fingerprint density at radius 3 is 2.11 bits per heavy atom. The van der Waals surface area contributed by atoms with Crippen LogP contribution < -0.4 is 5.32 Å². The van der Waals surface area contributed by atoms with Crippen molar-refractivity contribution in [1.82, 2.24) is 5.32 Å². The first-order chi connectivity index (χ1) is 12.6. The number of aliphatic hydroxyl groups is 1. The van der Waals surface area contributed by atoms with E-state index in [0.29, 0.717) is 12.5 Å². The molecule has 3 N–H and O–H groups in total. The molecule has 0 aromatic rings. The molecular weight excluding hydrogens is 374 g/mol. The van der Waals surface area contributed by atoms with Crippen LogP contribution >= 0.6 is 0 Å². The molecule has 0 aliphatic heterocycles. The van der Waals surface area contributed by atoms with Gasteiger partial charge in [0.25, 0.3) is 10.1 Å². The highest BCUT2D eigenvalue weighted by molar-refractivity contribution is 7.85. The zero-order chi connectivity index (χ0) is 20.2. The topological polar surface area (TPSA) is 130 Å². The van der Waals surface area contributed by atoms with E-state index in [1.807, 2.05) is 0 Å². The molecule has 0 radical (unpaired) electrons. The third kappa shape index (κ3) is 7.75. The summed E-state index contributed by atoms with van der Waals surface area (Å²) < 4.78 is 26.5. The average molecular weight is 406 g/mol. The maximum absolute atomic E-state index is 12.0. The molecule has 3 fully saturated rings. The number of rotatable bonds is 7. The Bertz CT molecular complexity index is 628. The van der Waals surface area contributed by atoms with Crippen molar-refractivity contribution in [1.29, 1.82) is 0 Å². The molecule has 0 bridgehead atoms. The van der Waals surface area contributed by atoms with Gasteiger partial charge in [0.2, 0.25) is 5.91 Å². The summed E-state index contributed by atoms with van der Waals surface area (Å²) in [4.78, 5) is 22.0. The highest BCUT2D eigenvalue weighted by Crippen LogP contribution is 2.39. The van der Waals surface area contributed by atoms with Gasteiger partial charge >= 0.3 is 5.97 Å². The highest BCUT2D eigenvalue weighted by Gasteiger charge is 2.44. The molecule has 9 heteroatoms. The number of carboxylic acid groups (broad SMARTS) is 1. The van der Waals surface area contributed by atoms with Crippen LogP contribution in [-0.2, 0) is 23.9 Å². The van der Waals surface area contributed by atoms with Crippen LogP contribution in [-0.4, -0.2) is 56.0 Å². The summed E-state index contributed by atoms with van der Waals surface area (Å²) in [6.07, 6.45) is 6.91. The average Bonchev–Trinajstić information content (AvgIpc) is 3.48. The highest BCUT2D eigenvalue weighted by atomic mass is 32.2. The first-order valence-corrected chi connectivity index (χ1v) is 11.4. The predicted molar refractivity (Wildman–Crippen MR) is 98.3 cm³/mol. The van der Waals surface area contributed by atoms with E-state index in [4.69, 9.17) is 14.4 Å². The van der Waals surface area contributed by atoms with Crippen LogP contribution in [0.15, 0.2) is 0 Å². The summed E-state index contributed by atoms with van der Waals surface area (Å²) >= 11 is 0. The Hall–Kier alpha value is -1.19. The van der Waals surface area contributed by atoms with Gasteiger partial charge in [-0.15, -0.1) is 0 Å². The van der Waals surface area contributed by atoms with Crippen molar-refractivity contribution in [2.45, 2.75) is 51.5 Å². The van der Waals surface area contributed by atoms with Gasteiger partial charge in [-0.05, 0) is 56.3 Å². The second kappa shape index (κ2) is 9.34. The van der Waals surface area contributed by atoms with Gasteiger partial charge in [-0.1, -0.05) is 6.92 Å². The Balaban J connectivity index is 0.000000273. The number of aliphatic carboxylic acids is 1. The quantitative estimate of drug-likeness (QED) is 0.539. The molecule has 0 saturated heterocycles. The van der Waals surface area contributed by atoms with Gasteiger partial charge in [0.15, 0.2) is 0 Å². The summed E-state index contributed by atoms with van der Waals surface area (Å²) in [5.74, 6) is -0.124. The molecule has 0 spiro atoms. The van der Waals surface area contributed by atoms with Gasteiger partial charge in [0, 0.05) is 18.6 Å². The molecule has 3 saturated carbocycles. The largest absolute Gasteiger partial charge is 0.481 e. The van der Waals surface area contributed by atoms with E-state index in [2.05, 4.69) is 12.2 Å². The van der Waals surface area contributed by atoms with E-state index in [-0.39, 0.29) is 42.8 Å². The minimum atomic E-state index is -3.39. The molecule has 3 aliphatic carbocycles. The molecule has 3 aliphatic rings. The second-order valence-corrected chi connectivity index (χ2v) is 9.82. The van der Waals surface area contributed by atoms with Crippen molar-refractivity contribution in [3.8, 4) is 0 Å². The molecular formula is C18H31NO7S. The lowest BCUT2D eigenvalue weighted by Gasteiger charge is -2.27. The van der Waals surface area contributed by atoms with E-state index in [0.717, 1.165) is 31.4 Å². The summed E-state index contributed by atoms with van der Waals surface area (Å²) in [6, 6.07) is 0.306. The van der Waals surface area contributed by atoms with Crippen LogP contribution in [0.1, 0.15) is 45.4 Å². The first-order valence-electron chi connectivity index (χ1n) is 9.59. The third-order valence-electron chi connectivity index (χ3n) is 5.59. The predicted octanol–water partition coefficient (Wildman–Crippen LogP) is 0.993. The van der Waals surface area contributed by atoms with Crippen LogP contribution in [0.5, 0.6) is 0 Å². The summed E-state index contributed by atoms with van der Waals surface area (Å²) in [5.41, 5.74) is 0. The number of nitrogens with one attached hydrogen (secondary N) is 1. The van der Waals surface area contributed by atoms with Crippen molar-refractivity contribution >= 4 is 22.0 Å². The lowest BCUT2D eigenvalue weighted by molar-refractivity contribution is -0.139. The van der Waals surface area contributed by atoms with Crippen LogP contribution in [0.4, 0.5) is 0 Å². The summed E-state index contributed by atoms with van der Waals surface area (Å²) in [7, 11) is -3.39. The maximum Gasteiger partial charge on any atom is 0.306 e. The SMILES string of the molecule is CC1CCC(NC(=O)[C@@H]2C[C@H]2COS(C)(=O)=O)CC1.O=C(O)[C@@H]1C[C@H]1CO. The third-order valence-corrected chi connectivity index (χ3v) is 6.16. The maximum atomic E-state index is 12.0. The van der Waals surface area contributed by atoms with Gasteiger partial charge in [-0.25, -0.2) is 0 Å². The van der Waals surface area contributed by atoms with Crippen molar-refractivity contribution in [3.63, 3.8) is 0 Å². The monoisotopic (exact) mass is 405 g/mol. The Morgan fingerprint density at radius 1 is 1.07 bits per heavy atom. The van der Waals surface area contributed by atoms with Crippen LogP contribution in [0, 0.1) is 29.6 Å². The second-order valence-electron chi connectivity index (χ2n) is 8.18. The number of carbonyl (C=O) groups is 2. The normalized spacial score (nSPS) is 34.8. The summed E-state index contributed by atoms with van der Waals surface area (Å²) in [5, 5.41) is 19.7. The lowest BCUT2D eigenvalue weighted by atomic mass is 9.87.